The normalized spacial score (nSPS) is 10.7. The topological polar surface area (TPSA) is 70.3 Å². The van der Waals surface area contributed by atoms with Gasteiger partial charge in [0.15, 0.2) is 11.6 Å². The monoisotopic (exact) mass is 273 g/mol. The molecule has 106 valence electrons. The Labute approximate surface area is 118 Å². The van der Waals surface area contributed by atoms with Crippen molar-refractivity contribution < 1.29 is 9.47 Å². The summed E-state index contributed by atoms with van der Waals surface area (Å²) in [5.74, 6) is 3.25. The third-order valence-corrected chi connectivity index (χ3v) is 2.96. The Balaban J connectivity index is 2.37. The minimum Gasteiger partial charge on any atom is -0.497 e. The van der Waals surface area contributed by atoms with Crippen LogP contribution in [-0.2, 0) is 0 Å². The van der Waals surface area contributed by atoms with Crippen molar-refractivity contribution in [1.29, 1.82) is 0 Å². The van der Waals surface area contributed by atoms with E-state index in [1.54, 1.807) is 20.2 Å². The standard InChI is InChI=1S/C15H19N3O2/c1-9(2)12-7-11(19-4)5-6-13(12)20-14-8-17-10(3)18-15(14)16/h5-9H,1-4H3,(H2,16,17,18). The molecular weight excluding hydrogens is 254 g/mol. The Morgan fingerprint density at radius 3 is 2.55 bits per heavy atom. The van der Waals surface area contributed by atoms with E-state index in [2.05, 4.69) is 23.8 Å². The molecule has 0 atom stereocenters. The van der Waals surface area contributed by atoms with E-state index in [9.17, 15) is 0 Å². The van der Waals surface area contributed by atoms with Crippen molar-refractivity contribution in [3.63, 3.8) is 0 Å². The van der Waals surface area contributed by atoms with Crippen LogP contribution in [0, 0.1) is 6.92 Å². The van der Waals surface area contributed by atoms with E-state index >= 15 is 0 Å². The molecule has 2 aromatic rings. The average molecular weight is 273 g/mol. The lowest BCUT2D eigenvalue weighted by Crippen LogP contribution is -2.01. The van der Waals surface area contributed by atoms with Crippen molar-refractivity contribution in [2.75, 3.05) is 12.8 Å². The number of nitrogens with zero attached hydrogens (tertiary/aromatic N) is 2. The summed E-state index contributed by atoms with van der Waals surface area (Å²) < 4.78 is 11.1. The molecule has 0 aliphatic carbocycles. The number of ether oxygens (including phenoxy) is 2. The van der Waals surface area contributed by atoms with Gasteiger partial charge in [0.05, 0.1) is 13.3 Å². The Bertz CT molecular complexity index is 612. The Morgan fingerprint density at radius 1 is 1.20 bits per heavy atom. The second-order valence-electron chi connectivity index (χ2n) is 4.83. The third-order valence-electron chi connectivity index (χ3n) is 2.96. The smallest absolute Gasteiger partial charge is 0.187 e. The number of methoxy groups -OCH3 is 1. The van der Waals surface area contributed by atoms with Gasteiger partial charge in [-0.2, -0.15) is 0 Å². The van der Waals surface area contributed by atoms with E-state index in [-0.39, 0.29) is 0 Å². The third kappa shape index (κ3) is 2.99. The highest BCUT2D eigenvalue weighted by atomic mass is 16.5. The number of rotatable bonds is 4. The van der Waals surface area contributed by atoms with Crippen LogP contribution in [0.4, 0.5) is 5.82 Å². The zero-order chi connectivity index (χ0) is 14.7. The van der Waals surface area contributed by atoms with E-state index < -0.39 is 0 Å². The molecule has 0 radical (unpaired) electrons. The molecule has 0 fully saturated rings. The number of benzene rings is 1. The largest absolute Gasteiger partial charge is 0.497 e. The van der Waals surface area contributed by atoms with Gasteiger partial charge >= 0.3 is 0 Å². The predicted molar refractivity (Wildman–Crippen MR) is 78.3 cm³/mol. The predicted octanol–water partition coefficient (Wildman–Crippen LogP) is 3.29. The van der Waals surface area contributed by atoms with Crippen molar-refractivity contribution in [1.82, 2.24) is 9.97 Å². The maximum absolute atomic E-state index is 5.85. The minimum absolute atomic E-state index is 0.299. The molecule has 0 spiro atoms. The van der Waals surface area contributed by atoms with Gasteiger partial charge in [0.25, 0.3) is 0 Å². The van der Waals surface area contributed by atoms with E-state index in [1.165, 1.54) is 0 Å². The van der Waals surface area contributed by atoms with Crippen LogP contribution in [0.2, 0.25) is 0 Å². The number of hydrogen-bond donors (Lipinski definition) is 1. The van der Waals surface area contributed by atoms with Crippen LogP contribution in [0.5, 0.6) is 17.2 Å². The molecule has 0 saturated carbocycles. The molecule has 1 aromatic carbocycles. The molecule has 1 heterocycles. The number of aryl methyl sites for hydroxylation is 1. The van der Waals surface area contributed by atoms with Crippen LogP contribution in [0.15, 0.2) is 24.4 Å². The van der Waals surface area contributed by atoms with E-state index in [4.69, 9.17) is 15.2 Å². The van der Waals surface area contributed by atoms with Crippen molar-refractivity contribution in [3.05, 3.63) is 35.8 Å². The number of hydrogen-bond acceptors (Lipinski definition) is 5. The van der Waals surface area contributed by atoms with Crippen LogP contribution in [0.1, 0.15) is 31.2 Å². The number of nitrogen functional groups attached to an aromatic ring is 1. The van der Waals surface area contributed by atoms with Gasteiger partial charge in [-0.15, -0.1) is 0 Å². The first-order chi connectivity index (χ1) is 9.51. The van der Waals surface area contributed by atoms with Crippen molar-refractivity contribution in [2.24, 2.45) is 0 Å². The Morgan fingerprint density at radius 2 is 1.95 bits per heavy atom. The van der Waals surface area contributed by atoms with Crippen LogP contribution in [-0.4, -0.2) is 17.1 Å². The summed E-state index contributed by atoms with van der Waals surface area (Å²) in [5, 5.41) is 0. The second kappa shape index (κ2) is 5.77. The fraction of sp³-hybridized carbons (Fsp3) is 0.333. The van der Waals surface area contributed by atoms with Gasteiger partial charge in [-0.25, -0.2) is 9.97 Å². The van der Waals surface area contributed by atoms with E-state index in [0.29, 0.717) is 23.3 Å². The summed E-state index contributed by atoms with van der Waals surface area (Å²) in [5.41, 5.74) is 6.90. The molecule has 5 heteroatoms. The minimum atomic E-state index is 0.299. The van der Waals surface area contributed by atoms with E-state index in [0.717, 1.165) is 17.1 Å². The highest BCUT2D eigenvalue weighted by Gasteiger charge is 2.12. The summed E-state index contributed by atoms with van der Waals surface area (Å²) in [6.07, 6.45) is 1.59. The molecule has 1 aromatic heterocycles. The van der Waals surface area contributed by atoms with Crippen molar-refractivity contribution >= 4 is 5.82 Å². The van der Waals surface area contributed by atoms with Gasteiger partial charge in [-0.3, -0.25) is 0 Å². The Hall–Kier alpha value is -2.30. The summed E-state index contributed by atoms with van der Waals surface area (Å²) in [4.78, 5) is 8.20. The highest BCUT2D eigenvalue weighted by Crippen LogP contribution is 2.34. The van der Waals surface area contributed by atoms with Crippen LogP contribution in [0.3, 0.4) is 0 Å². The van der Waals surface area contributed by atoms with E-state index in [1.807, 2.05) is 18.2 Å². The number of nitrogens with two attached hydrogens (primary N) is 1. The first-order valence-electron chi connectivity index (χ1n) is 6.46. The van der Waals surface area contributed by atoms with Gasteiger partial charge < -0.3 is 15.2 Å². The van der Waals surface area contributed by atoms with Crippen molar-refractivity contribution in [2.45, 2.75) is 26.7 Å². The fourth-order valence-electron chi connectivity index (χ4n) is 1.87. The summed E-state index contributed by atoms with van der Waals surface area (Å²) in [6, 6.07) is 5.69. The lowest BCUT2D eigenvalue weighted by Gasteiger charge is -2.15. The summed E-state index contributed by atoms with van der Waals surface area (Å²) >= 11 is 0. The lowest BCUT2D eigenvalue weighted by atomic mass is 10.0. The van der Waals surface area contributed by atoms with Crippen molar-refractivity contribution in [3.8, 4) is 17.2 Å². The first-order valence-corrected chi connectivity index (χ1v) is 6.46. The maximum atomic E-state index is 5.85. The molecule has 20 heavy (non-hydrogen) atoms. The van der Waals surface area contributed by atoms with Crippen LogP contribution in [0.25, 0.3) is 0 Å². The highest BCUT2D eigenvalue weighted by molar-refractivity contribution is 5.49. The SMILES string of the molecule is COc1ccc(Oc2cnc(C)nc2N)c(C(C)C)c1. The molecule has 2 N–H and O–H groups in total. The lowest BCUT2D eigenvalue weighted by molar-refractivity contribution is 0.411. The van der Waals surface area contributed by atoms with Gasteiger partial charge in [0.1, 0.15) is 17.3 Å². The molecule has 2 rings (SSSR count). The zero-order valence-corrected chi connectivity index (χ0v) is 12.2. The molecule has 0 aliphatic heterocycles. The fourth-order valence-corrected chi connectivity index (χ4v) is 1.87. The molecular formula is C15H19N3O2. The van der Waals surface area contributed by atoms with Gasteiger partial charge in [-0.1, -0.05) is 13.8 Å². The zero-order valence-electron chi connectivity index (χ0n) is 12.2. The Kier molecular flexibility index (Phi) is 4.08. The van der Waals surface area contributed by atoms with Crippen LogP contribution < -0.4 is 15.2 Å². The van der Waals surface area contributed by atoms with Crippen LogP contribution >= 0.6 is 0 Å². The summed E-state index contributed by atoms with van der Waals surface area (Å²) in [7, 11) is 1.64. The molecule has 0 saturated heterocycles. The second-order valence-corrected chi connectivity index (χ2v) is 4.83. The molecule has 5 nitrogen and oxygen atoms in total. The quantitative estimate of drug-likeness (QED) is 0.925. The molecule has 0 aliphatic rings. The number of aromatic nitrogens is 2. The first kappa shape index (κ1) is 14.1. The summed E-state index contributed by atoms with van der Waals surface area (Å²) in [6.45, 7) is 5.97. The molecule has 0 bridgehead atoms. The molecule has 0 unspecified atom stereocenters. The number of anilines is 1. The van der Waals surface area contributed by atoms with Gasteiger partial charge in [-0.05, 0) is 31.0 Å². The van der Waals surface area contributed by atoms with Gasteiger partial charge in [0, 0.05) is 5.56 Å². The van der Waals surface area contributed by atoms with Gasteiger partial charge in [0.2, 0.25) is 0 Å². The molecule has 0 amide bonds. The maximum Gasteiger partial charge on any atom is 0.187 e. The average Bonchev–Trinajstić information content (AvgIpc) is 2.42.